The molecule has 1 aliphatic rings. The standard InChI is InChI=1S/C11H25N3/c1-3-5-11(10-12)14-7-4-6-13(2)8-9-14/h11H,3-10,12H2,1-2H3. The summed E-state index contributed by atoms with van der Waals surface area (Å²) in [5.74, 6) is 0. The first-order valence-corrected chi connectivity index (χ1v) is 5.90. The normalized spacial score (nSPS) is 23.4. The quantitative estimate of drug-likeness (QED) is 0.725. The fourth-order valence-electron chi connectivity index (χ4n) is 2.21. The summed E-state index contributed by atoms with van der Waals surface area (Å²) in [5.41, 5.74) is 5.82. The molecule has 1 fully saturated rings. The van der Waals surface area contributed by atoms with Gasteiger partial charge in [0.1, 0.15) is 0 Å². The van der Waals surface area contributed by atoms with Crippen molar-refractivity contribution in [3.05, 3.63) is 0 Å². The minimum atomic E-state index is 0.617. The Morgan fingerprint density at radius 3 is 2.64 bits per heavy atom. The van der Waals surface area contributed by atoms with E-state index in [9.17, 15) is 0 Å². The first-order valence-electron chi connectivity index (χ1n) is 5.90. The Labute approximate surface area is 88.2 Å². The summed E-state index contributed by atoms with van der Waals surface area (Å²) >= 11 is 0. The maximum absolute atomic E-state index is 5.82. The van der Waals surface area contributed by atoms with Crippen LogP contribution in [-0.2, 0) is 0 Å². The van der Waals surface area contributed by atoms with Crippen LogP contribution in [0.1, 0.15) is 26.2 Å². The van der Waals surface area contributed by atoms with Crippen LogP contribution in [0.2, 0.25) is 0 Å². The summed E-state index contributed by atoms with van der Waals surface area (Å²) in [7, 11) is 2.21. The zero-order valence-corrected chi connectivity index (χ0v) is 9.71. The molecule has 3 heteroatoms. The van der Waals surface area contributed by atoms with Gasteiger partial charge in [0.2, 0.25) is 0 Å². The van der Waals surface area contributed by atoms with E-state index in [1.807, 2.05) is 0 Å². The van der Waals surface area contributed by atoms with Gasteiger partial charge < -0.3 is 10.6 Å². The summed E-state index contributed by atoms with van der Waals surface area (Å²) in [6, 6.07) is 0.617. The van der Waals surface area contributed by atoms with Gasteiger partial charge in [-0.25, -0.2) is 0 Å². The first-order chi connectivity index (χ1) is 6.77. The summed E-state index contributed by atoms with van der Waals surface area (Å²) in [6.45, 7) is 7.91. The fraction of sp³-hybridized carbons (Fsp3) is 1.00. The van der Waals surface area contributed by atoms with Crippen molar-refractivity contribution < 1.29 is 0 Å². The molecule has 0 radical (unpaired) electrons. The molecule has 1 heterocycles. The van der Waals surface area contributed by atoms with Gasteiger partial charge in [-0.3, -0.25) is 4.90 Å². The second kappa shape index (κ2) is 6.38. The molecule has 3 nitrogen and oxygen atoms in total. The van der Waals surface area contributed by atoms with Crippen LogP contribution in [0.25, 0.3) is 0 Å². The molecule has 0 spiro atoms. The third kappa shape index (κ3) is 3.56. The van der Waals surface area contributed by atoms with Crippen LogP contribution in [-0.4, -0.2) is 55.6 Å². The van der Waals surface area contributed by atoms with Crippen molar-refractivity contribution in [1.82, 2.24) is 9.80 Å². The maximum atomic E-state index is 5.82. The Morgan fingerprint density at radius 1 is 1.21 bits per heavy atom. The van der Waals surface area contributed by atoms with E-state index in [0.29, 0.717) is 6.04 Å². The number of hydrogen-bond acceptors (Lipinski definition) is 3. The summed E-state index contributed by atoms with van der Waals surface area (Å²) in [4.78, 5) is 4.99. The smallest absolute Gasteiger partial charge is 0.0218 e. The maximum Gasteiger partial charge on any atom is 0.0218 e. The molecular weight excluding hydrogens is 174 g/mol. The van der Waals surface area contributed by atoms with Gasteiger partial charge in [0, 0.05) is 25.7 Å². The second-order valence-corrected chi connectivity index (χ2v) is 4.37. The summed E-state index contributed by atoms with van der Waals surface area (Å²) in [6.07, 6.45) is 3.78. The largest absolute Gasteiger partial charge is 0.329 e. The molecule has 1 saturated heterocycles. The van der Waals surface area contributed by atoms with Crippen molar-refractivity contribution in [1.29, 1.82) is 0 Å². The molecule has 1 unspecified atom stereocenters. The molecule has 0 aromatic heterocycles. The summed E-state index contributed by atoms with van der Waals surface area (Å²) < 4.78 is 0. The average molecular weight is 199 g/mol. The SMILES string of the molecule is CCCC(CN)N1CCCN(C)CC1. The molecule has 1 rings (SSSR count). The third-order valence-electron chi connectivity index (χ3n) is 3.16. The van der Waals surface area contributed by atoms with Crippen LogP contribution in [0.3, 0.4) is 0 Å². The van der Waals surface area contributed by atoms with Crippen LogP contribution in [0.4, 0.5) is 0 Å². The molecule has 0 amide bonds. The van der Waals surface area contributed by atoms with Gasteiger partial charge >= 0.3 is 0 Å². The molecule has 14 heavy (non-hydrogen) atoms. The van der Waals surface area contributed by atoms with Crippen molar-refractivity contribution in [2.24, 2.45) is 5.73 Å². The van der Waals surface area contributed by atoms with E-state index in [4.69, 9.17) is 5.73 Å². The lowest BCUT2D eigenvalue weighted by molar-refractivity contribution is 0.196. The number of rotatable bonds is 4. The minimum Gasteiger partial charge on any atom is -0.329 e. The van der Waals surface area contributed by atoms with E-state index in [1.165, 1.54) is 45.4 Å². The van der Waals surface area contributed by atoms with Gasteiger partial charge in [-0.2, -0.15) is 0 Å². The van der Waals surface area contributed by atoms with Crippen molar-refractivity contribution in [3.8, 4) is 0 Å². The van der Waals surface area contributed by atoms with Crippen LogP contribution in [0, 0.1) is 0 Å². The molecule has 1 atom stereocenters. The molecule has 2 N–H and O–H groups in total. The molecule has 0 saturated carbocycles. The van der Waals surface area contributed by atoms with Crippen molar-refractivity contribution in [2.75, 3.05) is 39.8 Å². The lowest BCUT2D eigenvalue weighted by Gasteiger charge is -2.29. The van der Waals surface area contributed by atoms with Crippen LogP contribution >= 0.6 is 0 Å². The van der Waals surface area contributed by atoms with Gasteiger partial charge in [0.15, 0.2) is 0 Å². The Bertz CT molecular complexity index is 149. The molecule has 1 aliphatic heterocycles. The Morgan fingerprint density at radius 2 is 2.00 bits per heavy atom. The first kappa shape index (κ1) is 12.0. The number of likely N-dealkylation sites (N-methyl/N-ethyl adjacent to an activating group) is 1. The Balaban J connectivity index is 2.40. The van der Waals surface area contributed by atoms with Gasteiger partial charge in [0.05, 0.1) is 0 Å². The molecular formula is C11H25N3. The van der Waals surface area contributed by atoms with Crippen LogP contribution in [0.5, 0.6) is 0 Å². The molecule has 0 aromatic rings. The van der Waals surface area contributed by atoms with E-state index in [0.717, 1.165) is 6.54 Å². The van der Waals surface area contributed by atoms with Crippen molar-refractivity contribution >= 4 is 0 Å². The van der Waals surface area contributed by atoms with Gasteiger partial charge in [-0.1, -0.05) is 13.3 Å². The van der Waals surface area contributed by atoms with E-state index in [1.54, 1.807) is 0 Å². The predicted molar refractivity (Wildman–Crippen MR) is 61.4 cm³/mol. The summed E-state index contributed by atoms with van der Waals surface area (Å²) in [5, 5.41) is 0. The molecule has 0 aliphatic carbocycles. The number of nitrogens with zero attached hydrogens (tertiary/aromatic N) is 2. The van der Waals surface area contributed by atoms with Gasteiger partial charge in [0.25, 0.3) is 0 Å². The van der Waals surface area contributed by atoms with Crippen LogP contribution in [0.15, 0.2) is 0 Å². The average Bonchev–Trinajstić information content (AvgIpc) is 2.40. The number of nitrogens with two attached hydrogens (primary N) is 1. The number of hydrogen-bond donors (Lipinski definition) is 1. The monoisotopic (exact) mass is 199 g/mol. The lowest BCUT2D eigenvalue weighted by atomic mass is 10.1. The third-order valence-corrected chi connectivity index (χ3v) is 3.16. The van der Waals surface area contributed by atoms with E-state index in [2.05, 4.69) is 23.8 Å². The predicted octanol–water partition coefficient (Wildman–Crippen LogP) is 0.751. The zero-order chi connectivity index (χ0) is 10.4. The minimum absolute atomic E-state index is 0.617. The second-order valence-electron chi connectivity index (χ2n) is 4.37. The topological polar surface area (TPSA) is 32.5 Å². The van der Waals surface area contributed by atoms with Crippen molar-refractivity contribution in [3.63, 3.8) is 0 Å². The Hall–Kier alpha value is -0.120. The lowest BCUT2D eigenvalue weighted by Crippen LogP contribution is -2.42. The Kier molecular flexibility index (Phi) is 5.45. The highest BCUT2D eigenvalue weighted by atomic mass is 15.2. The molecule has 84 valence electrons. The van der Waals surface area contributed by atoms with E-state index >= 15 is 0 Å². The highest BCUT2D eigenvalue weighted by Gasteiger charge is 2.18. The zero-order valence-electron chi connectivity index (χ0n) is 9.71. The van der Waals surface area contributed by atoms with Crippen LogP contribution < -0.4 is 5.73 Å². The van der Waals surface area contributed by atoms with Gasteiger partial charge in [-0.05, 0) is 33.0 Å². The fourth-order valence-corrected chi connectivity index (χ4v) is 2.21. The molecule has 0 bridgehead atoms. The van der Waals surface area contributed by atoms with Crippen molar-refractivity contribution in [2.45, 2.75) is 32.2 Å². The molecule has 0 aromatic carbocycles. The van der Waals surface area contributed by atoms with Gasteiger partial charge in [-0.15, -0.1) is 0 Å². The highest BCUT2D eigenvalue weighted by Crippen LogP contribution is 2.09. The van der Waals surface area contributed by atoms with E-state index < -0.39 is 0 Å². The van der Waals surface area contributed by atoms with E-state index in [-0.39, 0.29) is 0 Å². The highest BCUT2D eigenvalue weighted by molar-refractivity contribution is 4.76.